The molecule has 1 aromatic carbocycles. The number of benzene rings is 1. The summed E-state index contributed by atoms with van der Waals surface area (Å²) >= 11 is 2.43. The van der Waals surface area contributed by atoms with Crippen LogP contribution in [0.3, 0.4) is 0 Å². The molecule has 0 N–H and O–H groups in total. The molecule has 1 aliphatic rings. The summed E-state index contributed by atoms with van der Waals surface area (Å²) in [5, 5.41) is 0. The number of nitrogens with zero attached hydrogens (tertiary/aromatic N) is 2. The van der Waals surface area contributed by atoms with Crippen LogP contribution in [0, 0.1) is 0 Å². The molecule has 1 heterocycles. The Morgan fingerprint density at radius 1 is 1.08 bits per heavy atom. The van der Waals surface area contributed by atoms with Crippen LogP contribution in [0.5, 0.6) is 0 Å². The van der Waals surface area contributed by atoms with Gasteiger partial charge in [-0.15, -0.1) is 0 Å². The molecule has 3 heteroatoms. The normalized spacial score (nSPS) is 16.9. The van der Waals surface area contributed by atoms with Crippen LogP contribution in [0.1, 0.15) is 0 Å². The van der Waals surface area contributed by atoms with Crippen LogP contribution in [-0.2, 0) is 0 Å². The van der Waals surface area contributed by atoms with E-state index >= 15 is 0 Å². The number of rotatable bonds is 0. The third-order valence-corrected chi connectivity index (χ3v) is 3.95. The summed E-state index contributed by atoms with van der Waals surface area (Å²) in [4.78, 5) is 4.55. The molecular formula is C9H11IN2. The zero-order chi connectivity index (χ0) is 8.72. The molecule has 0 bridgehead atoms. The van der Waals surface area contributed by atoms with Gasteiger partial charge in [0.05, 0.1) is 11.4 Å². The smallest absolute Gasteiger partial charge is 0.155 e. The number of hydrogen-bond acceptors (Lipinski definition) is 2. The molecule has 0 aromatic heterocycles. The number of alkyl halides is 1. The van der Waals surface area contributed by atoms with Crippen molar-refractivity contribution < 1.29 is 0 Å². The largest absolute Gasteiger partial charge is 0.344 e. The molecule has 64 valence electrons. The molecule has 2 rings (SSSR count). The molecule has 12 heavy (non-hydrogen) atoms. The Balaban J connectivity index is 2.52. The SMILES string of the molecule is CN1c2ccccc2N(C)C1I. The Morgan fingerprint density at radius 3 is 1.92 bits per heavy atom. The molecule has 2 nitrogen and oxygen atoms in total. The highest BCUT2D eigenvalue weighted by molar-refractivity contribution is 14.1. The fourth-order valence-corrected chi connectivity index (χ4v) is 2.15. The minimum Gasteiger partial charge on any atom is -0.344 e. The Bertz CT molecular complexity index is 271. The first-order valence-corrected chi connectivity index (χ1v) is 5.15. The maximum absolute atomic E-state index is 2.43. The summed E-state index contributed by atoms with van der Waals surface area (Å²) in [5.41, 5.74) is 2.64. The third kappa shape index (κ3) is 0.990. The van der Waals surface area contributed by atoms with Crippen molar-refractivity contribution in [3.8, 4) is 0 Å². The third-order valence-electron chi connectivity index (χ3n) is 2.28. The van der Waals surface area contributed by atoms with Crippen LogP contribution in [0.15, 0.2) is 24.3 Å². The van der Waals surface area contributed by atoms with Gasteiger partial charge in [-0.1, -0.05) is 12.1 Å². The van der Waals surface area contributed by atoms with Gasteiger partial charge in [0.15, 0.2) is 4.17 Å². The minimum absolute atomic E-state index is 0.444. The molecule has 0 aliphatic carbocycles. The van der Waals surface area contributed by atoms with Crippen molar-refractivity contribution in [1.29, 1.82) is 0 Å². The molecule has 0 unspecified atom stereocenters. The van der Waals surface area contributed by atoms with Crippen molar-refractivity contribution in [3.05, 3.63) is 24.3 Å². The van der Waals surface area contributed by atoms with Crippen LogP contribution in [0.4, 0.5) is 11.4 Å². The fraction of sp³-hybridized carbons (Fsp3) is 0.333. The van der Waals surface area contributed by atoms with Crippen molar-refractivity contribution in [2.45, 2.75) is 4.17 Å². The average Bonchev–Trinajstić information content (AvgIpc) is 2.33. The predicted octanol–water partition coefficient (Wildman–Crippen LogP) is 2.29. The second kappa shape index (κ2) is 2.80. The Morgan fingerprint density at radius 2 is 1.50 bits per heavy atom. The Labute approximate surface area is 86.3 Å². The first-order valence-electron chi connectivity index (χ1n) is 3.90. The molecule has 0 saturated carbocycles. The van der Waals surface area contributed by atoms with E-state index in [1.165, 1.54) is 11.4 Å². The summed E-state index contributed by atoms with van der Waals surface area (Å²) in [6.45, 7) is 0. The van der Waals surface area contributed by atoms with Crippen LogP contribution in [-0.4, -0.2) is 18.3 Å². The zero-order valence-electron chi connectivity index (χ0n) is 7.16. The van der Waals surface area contributed by atoms with Gasteiger partial charge in [-0.25, -0.2) is 0 Å². The number of fused-ring (bicyclic) bond motifs is 1. The first-order chi connectivity index (χ1) is 5.72. The average molecular weight is 274 g/mol. The van der Waals surface area contributed by atoms with E-state index in [0.717, 1.165) is 0 Å². The van der Waals surface area contributed by atoms with Gasteiger partial charge in [0.1, 0.15) is 0 Å². The van der Waals surface area contributed by atoms with E-state index in [9.17, 15) is 0 Å². The Hall–Kier alpha value is -0.450. The minimum atomic E-state index is 0.444. The van der Waals surface area contributed by atoms with E-state index in [-0.39, 0.29) is 0 Å². The van der Waals surface area contributed by atoms with Crippen molar-refractivity contribution in [1.82, 2.24) is 0 Å². The molecule has 0 radical (unpaired) electrons. The molecular weight excluding hydrogens is 263 g/mol. The van der Waals surface area contributed by atoms with Gasteiger partial charge in [0.25, 0.3) is 0 Å². The predicted molar refractivity (Wildman–Crippen MR) is 61.1 cm³/mol. The second-order valence-electron chi connectivity index (χ2n) is 3.02. The first kappa shape index (κ1) is 8.16. The van der Waals surface area contributed by atoms with Gasteiger partial charge in [-0.05, 0) is 34.7 Å². The van der Waals surface area contributed by atoms with E-state index in [1.54, 1.807) is 0 Å². The van der Waals surface area contributed by atoms with Gasteiger partial charge in [0.2, 0.25) is 0 Å². The lowest BCUT2D eigenvalue weighted by Gasteiger charge is -2.21. The van der Waals surface area contributed by atoms with Gasteiger partial charge in [-0.2, -0.15) is 0 Å². The maximum Gasteiger partial charge on any atom is 0.155 e. The van der Waals surface area contributed by atoms with E-state index in [4.69, 9.17) is 0 Å². The van der Waals surface area contributed by atoms with E-state index < -0.39 is 0 Å². The van der Waals surface area contributed by atoms with Gasteiger partial charge in [-0.3, -0.25) is 0 Å². The molecule has 1 aliphatic heterocycles. The summed E-state index contributed by atoms with van der Waals surface area (Å²) < 4.78 is 0.444. The van der Waals surface area contributed by atoms with Crippen molar-refractivity contribution in [3.63, 3.8) is 0 Å². The molecule has 0 saturated heterocycles. The van der Waals surface area contributed by atoms with Crippen LogP contribution < -0.4 is 9.80 Å². The topological polar surface area (TPSA) is 6.48 Å². The van der Waals surface area contributed by atoms with E-state index in [2.05, 4.69) is 70.8 Å². The lowest BCUT2D eigenvalue weighted by molar-refractivity contribution is 0.885. The van der Waals surface area contributed by atoms with Crippen molar-refractivity contribution in [2.75, 3.05) is 23.9 Å². The van der Waals surface area contributed by atoms with Gasteiger partial charge < -0.3 is 9.80 Å². The van der Waals surface area contributed by atoms with Crippen molar-refractivity contribution in [2.24, 2.45) is 0 Å². The molecule has 1 aromatic rings. The highest BCUT2D eigenvalue weighted by Gasteiger charge is 2.27. The monoisotopic (exact) mass is 274 g/mol. The fourth-order valence-electron chi connectivity index (χ4n) is 1.55. The standard InChI is InChI=1S/C9H11IN2/c1-11-7-5-3-4-6-8(7)12(2)9(11)10/h3-6,9H,1-2H3. The second-order valence-corrected chi connectivity index (χ2v) is 4.14. The summed E-state index contributed by atoms with van der Waals surface area (Å²) in [6, 6.07) is 8.48. The number of halogens is 1. The molecule has 0 amide bonds. The highest BCUT2D eigenvalue weighted by atomic mass is 127. The lowest BCUT2D eigenvalue weighted by atomic mass is 10.3. The molecule has 0 spiro atoms. The number of hydrogen-bond donors (Lipinski definition) is 0. The zero-order valence-corrected chi connectivity index (χ0v) is 9.32. The van der Waals surface area contributed by atoms with E-state index in [1.807, 2.05) is 0 Å². The molecule has 0 fully saturated rings. The number of anilines is 2. The van der Waals surface area contributed by atoms with Gasteiger partial charge >= 0.3 is 0 Å². The quantitative estimate of drug-likeness (QED) is 0.407. The molecule has 0 atom stereocenters. The van der Waals surface area contributed by atoms with E-state index in [0.29, 0.717) is 4.17 Å². The summed E-state index contributed by atoms with van der Waals surface area (Å²) in [7, 11) is 4.25. The summed E-state index contributed by atoms with van der Waals surface area (Å²) in [6.07, 6.45) is 0. The van der Waals surface area contributed by atoms with Gasteiger partial charge in [0, 0.05) is 14.1 Å². The van der Waals surface area contributed by atoms with Crippen LogP contribution in [0.2, 0.25) is 0 Å². The van der Waals surface area contributed by atoms with Crippen molar-refractivity contribution >= 4 is 34.0 Å². The summed E-state index contributed by atoms with van der Waals surface area (Å²) in [5.74, 6) is 0. The van der Waals surface area contributed by atoms with Crippen LogP contribution in [0.25, 0.3) is 0 Å². The van der Waals surface area contributed by atoms with Crippen LogP contribution >= 0.6 is 22.6 Å². The Kier molecular flexibility index (Phi) is 1.90. The maximum atomic E-state index is 2.43. The lowest BCUT2D eigenvalue weighted by Crippen LogP contribution is -2.32. The number of para-hydroxylation sites is 2. The highest BCUT2D eigenvalue weighted by Crippen LogP contribution is 2.39.